The molecule has 0 radical (unpaired) electrons. The standard InChI is InChI=1S/C19H17BrF3N3O2/c1-10-18(11-7-13(21)17(23)14(22)8-11)28-19(27)26(10)9-15-12(20)3-4-16(24-15)25-5-2-6-25/h3-4,7-8,10,18H,2,5-6,9H2,1H3/t10-,18-/m0/s1. The molecular weight excluding hydrogens is 439 g/mol. The molecule has 2 atom stereocenters. The summed E-state index contributed by atoms with van der Waals surface area (Å²) in [5.41, 5.74) is 0.728. The summed E-state index contributed by atoms with van der Waals surface area (Å²) in [7, 11) is 0. The topological polar surface area (TPSA) is 45.7 Å². The quantitative estimate of drug-likeness (QED) is 0.634. The van der Waals surface area contributed by atoms with E-state index in [0.29, 0.717) is 5.69 Å². The predicted octanol–water partition coefficient (Wildman–Crippen LogP) is 4.55. The number of hydrogen-bond donors (Lipinski definition) is 0. The third kappa shape index (κ3) is 3.32. The van der Waals surface area contributed by atoms with E-state index in [0.717, 1.165) is 41.9 Å². The highest BCUT2D eigenvalue weighted by Gasteiger charge is 2.40. The van der Waals surface area contributed by atoms with E-state index >= 15 is 0 Å². The Morgan fingerprint density at radius 2 is 1.89 bits per heavy atom. The lowest BCUT2D eigenvalue weighted by molar-refractivity contribution is 0.129. The Kier molecular flexibility index (Phi) is 4.95. The molecule has 2 aliphatic rings. The van der Waals surface area contributed by atoms with Gasteiger partial charge in [-0.15, -0.1) is 0 Å². The van der Waals surface area contributed by atoms with E-state index in [1.54, 1.807) is 6.92 Å². The van der Waals surface area contributed by atoms with Crippen molar-refractivity contribution in [2.24, 2.45) is 0 Å². The average Bonchev–Trinajstić information content (AvgIpc) is 2.88. The first-order valence-electron chi connectivity index (χ1n) is 8.87. The van der Waals surface area contributed by atoms with Crippen LogP contribution in [-0.4, -0.2) is 35.1 Å². The number of halogens is 4. The normalized spacial score (nSPS) is 21.7. The number of ether oxygens (including phenoxy) is 1. The highest BCUT2D eigenvalue weighted by Crippen LogP contribution is 2.35. The number of amides is 1. The van der Waals surface area contributed by atoms with E-state index in [4.69, 9.17) is 4.74 Å². The van der Waals surface area contributed by atoms with Gasteiger partial charge in [-0.25, -0.2) is 22.9 Å². The van der Waals surface area contributed by atoms with Gasteiger partial charge in [0, 0.05) is 23.1 Å². The van der Waals surface area contributed by atoms with E-state index in [-0.39, 0.29) is 12.1 Å². The van der Waals surface area contributed by atoms with E-state index in [9.17, 15) is 18.0 Å². The molecule has 28 heavy (non-hydrogen) atoms. The third-order valence-electron chi connectivity index (χ3n) is 5.13. The fraction of sp³-hybridized carbons (Fsp3) is 0.368. The lowest BCUT2D eigenvalue weighted by Gasteiger charge is -2.32. The number of cyclic esters (lactones) is 1. The van der Waals surface area contributed by atoms with Gasteiger partial charge in [0.15, 0.2) is 17.5 Å². The van der Waals surface area contributed by atoms with Gasteiger partial charge in [0.1, 0.15) is 11.9 Å². The zero-order valence-electron chi connectivity index (χ0n) is 15.0. The molecule has 0 unspecified atom stereocenters. The smallest absolute Gasteiger partial charge is 0.411 e. The summed E-state index contributed by atoms with van der Waals surface area (Å²) in [5, 5.41) is 0. The maximum Gasteiger partial charge on any atom is 0.411 e. The molecule has 3 heterocycles. The van der Waals surface area contributed by atoms with Gasteiger partial charge < -0.3 is 9.64 Å². The summed E-state index contributed by atoms with van der Waals surface area (Å²) < 4.78 is 46.5. The number of benzene rings is 1. The van der Waals surface area contributed by atoms with Crippen LogP contribution in [0.25, 0.3) is 0 Å². The number of carbonyl (C=O) groups is 1. The van der Waals surface area contributed by atoms with Crippen LogP contribution in [0.15, 0.2) is 28.7 Å². The van der Waals surface area contributed by atoms with Crippen LogP contribution >= 0.6 is 15.9 Å². The van der Waals surface area contributed by atoms with Crippen LogP contribution in [0.5, 0.6) is 0 Å². The van der Waals surface area contributed by atoms with Crippen molar-refractivity contribution >= 4 is 27.8 Å². The fourth-order valence-corrected chi connectivity index (χ4v) is 3.71. The zero-order chi connectivity index (χ0) is 20.0. The molecular formula is C19H17BrF3N3O2. The number of pyridine rings is 1. The SMILES string of the molecule is C[C@H]1[C@@H](c2cc(F)c(F)c(F)c2)OC(=O)N1Cc1nc(N2CCC2)ccc1Br. The minimum atomic E-state index is -1.55. The number of aromatic nitrogens is 1. The van der Waals surface area contributed by atoms with Gasteiger partial charge in [-0.2, -0.15) is 0 Å². The lowest BCUT2D eigenvalue weighted by Crippen LogP contribution is -2.38. The van der Waals surface area contributed by atoms with Gasteiger partial charge in [0.25, 0.3) is 0 Å². The first-order chi connectivity index (χ1) is 13.3. The van der Waals surface area contributed by atoms with E-state index in [2.05, 4.69) is 25.8 Å². The van der Waals surface area contributed by atoms with Crippen molar-refractivity contribution in [1.29, 1.82) is 0 Å². The Morgan fingerprint density at radius 3 is 2.50 bits per heavy atom. The minimum absolute atomic E-state index is 0.0705. The molecule has 2 fully saturated rings. The van der Waals surface area contributed by atoms with Gasteiger partial charge in [-0.1, -0.05) is 0 Å². The Morgan fingerprint density at radius 1 is 1.21 bits per heavy atom. The molecule has 1 aromatic heterocycles. The molecule has 0 spiro atoms. The second-order valence-corrected chi connectivity index (χ2v) is 7.76. The molecule has 0 bridgehead atoms. The van der Waals surface area contributed by atoms with Crippen LogP contribution in [-0.2, 0) is 11.3 Å². The summed E-state index contributed by atoms with van der Waals surface area (Å²) in [5.74, 6) is -3.34. The highest BCUT2D eigenvalue weighted by molar-refractivity contribution is 9.10. The second-order valence-electron chi connectivity index (χ2n) is 6.91. The van der Waals surface area contributed by atoms with Crippen LogP contribution in [0, 0.1) is 17.5 Å². The van der Waals surface area contributed by atoms with Crippen molar-refractivity contribution in [1.82, 2.24) is 9.88 Å². The van der Waals surface area contributed by atoms with E-state index in [1.165, 1.54) is 4.90 Å². The largest absolute Gasteiger partial charge is 0.439 e. The average molecular weight is 456 g/mol. The summed E-state index contributed by atoms with van der Waals surface area (Å²) >= 11 is 3.45. The molecule has 0 N–H and O–H groups in total. The van der Waals surface area contributed by atoms with Crippen molar-refractivity contribution in [2.45, 2.75) is 32.0 Å². The Hall–Kier alpha value is -2.29. The number of hydrogen-bond acceptors (Lipinski definition) is 4. The Labute approximate surface area is 168 Å². The van der Waals surface area contributed by atoms with Gasteiger partial charge in [0.2, 0.25) is 0 Å². The van der Waals surface area contributed by atoms with E-state index in [1.807, 2.05) is 12.1 Å². The van der Waals surface area contributed by atoms with Crippen molar-refractivity contribution in [3.8, 4) is 0 Å². The molecule has 5 nitrogen and oxygen atoms in total. The Bertz CT molecular complexity index is 916. The number of anilines is 1. The molecule has 1 amide bonds. The van der Waals surface area contributed by atoms with Crippen LogP contribution in [0.4, 0.5) is 23.8 Å². The first kappa shape index (κ1) is 19.0. The van der Waals surface area contributed by atoms with Gasteiger partial charge in [0.05, 0.1) is 18.3 Å². The van der Waals surface area contributed by atoms with Gasteiger partial charge in [-0.3, -0.25) is 4.90 Å². The van der Waals surface area contributed by atoms with Crippen molar-refractivity contribution in [2.75, 3.05) is 18.0 Å². The molecule has 2 aliphatic heterocycles. The molecule has 2 aromatic rings. The molecule has 1 aromatic carbocycles. The second kappa shape index (κ2) is 7.27. The molecule has 0 aliphatic carbocycles. The predicted molar refractivity (Wildman–Crippen MR) is 99.3 cm³/mol. The number of nitrogens with zero attached hydrogens (tertiary/aromatic N) is 3. The third-order valence-corrected chi connectivity index (χ3v) is 5.85. The Balaban J connectivity index is 1.57. The number of rotatable bonds is 4. The number of carbonyl (C=O) groups excluding carboxylic acids is 1. The maximum absolute atomic E-state index is 13.6. The first-order valence-corrected chi connectivity index (χ1v) is 9.66. The van der Waals surface area contributed by atoms with Crippen LogP contribution in [0.1, 0.15) is 30.7 Å². The van der Waals surface area contributed by atoms with Crippen LogP contribution in [0.3, 0.4) is 0 Å². The lowest BCUT2D eigenvalue weighted by atomic mass is 10.0. The summed E-state index contributed by atoms with van der Waals surface area (Å²) in [6, 6.07) is 4.98. The van der Waals surface area contributed by atoms with Gasteiger partial charge >= 0.3 is 6.09 Å². The van der Waals surface area contributed by atoms with Crippen molar-refractivity contribution < 1.29 is 22.7 Å². The summed E-state index contributed by atoms with van der Waals surface area (Å²) in [4.78, 5) is 20.6. The summed E-state index contributed by atoms with van der Waals surface area (Å²) in [6.45, 7) is 3.77. The molecule has 2 saturated heterocycles. The fourth-order valence-electron chi connectivity index (χ4n) is 3.37. The van der Waals surface area contributed by atoms with Crippen LogP contribution in [0.2, 0.25) is 0 Å². The highest BCUT2D eigenvalue weighted by atomic mass is 79.9. The molecule has 148 valence electrons. The van der Waals surface area contributed by atoms with Gasteiger partial charge in [-0.05, 0) is 53.5 Å². The molecule has 4 rings (SSSR count). The monoisotopic (exact) mass is 455 g/mol. The minimum Gasteiger partial charge on any atom is -0.439 e. The van der Waals surface area contributed by atoms with Crippen molar-refractivity contribution in [3.05, 3.63) is 57.4 Å². The van der Waals surface area contributed by atoms with Crippen molar-refractivity contribution in [3.63, 3.8) is 0 Å². The van der Waals surface area contributed by atoms with Crippen LogP contribution < -0.4 is 4.90 Å². The zero-order valence-corrected chi connectivity index (χ0v) is 16.5. The van der Waals surface area contributed by atoms with E-state index < -0.39 is 35.7 Å². The summed E-state index contributed by atoms with van der Waals surface area (Å²) in [6.07, 6.45) is -0.408. The molecule has 0 saturated carbocycles. The maximum atomic E-state index is 13.6. The molecule has 9 heteroatoms.